The predicted molar refractivity (Wildman–Crippen MR) is 139 cm³/mol. The van der Waals surface area contributed by atoms with Gasteiger partial charge in [-0.15, -0.1) is 0 Å². The Labute approximate surface area is 193 Å². The van der Waals surface area contributed by atoms with E-state index in [9.17, 15) is 0 Å². The van der Waals surface area contributed by atoms with Crippen molar-refractivity contribution in [2.24, 2.45) is 0 Å². The summed E-state index contributed by atoms with van der Waals surface area (Å²) in [6.45, 7) is 6.38. The first-order valence-corrected chi connectivity index (χ1v) is 11.5. The maximum absolute atomic E-state index is 5.20. The van der Waals surface area contributed by atoms with Gasteiger partial charge in [0.1, 0.15) is 11.6 Å². The van der Waals surface area contributed by atoms with Crippen molar-refractivity contribution >= 4 is 38.8 Å². The molecule has 33 heavy (non-hydrogen) atoms. The SMILES string of the molecule is C=Cc1c(CCC)c2ccccc2n1-c1cccc(-n2c3ccccc3c3ccccc32)n1. The number of aryl methyl sites for hydroxylation is 1. The van der Waals surface area contributed by atoms with Crippen LogP contribution in [0, 0.1) is 0 Å². The second-order valence-corrected chi connectivity index (χ2v) is 8.39. The predicted octanol–water partition coefficient (Wildman–Crippen LogP) is 7.72. The molecule has 0 saturated heterocycles. The summed E-state index contributed by atoms with van der Waals surface area (Å²) in [6, 6.07) is 32.0. The van der Waals surface area contributed by atoms with E-state index in [1.54, 1.807) is 0 Å². The molecule has 0 aliphatic carbocycles. The fourth-order valence-electron chi connectivity index (χ4n) is 5.13. The number of benzene rings is 3. The lowest BCUT2D eigenvalue weighted by Crippen LogP contribution is -2.04. The fraction of sp³-hybridized carbons (Fsp3) is 0.100. The van der Waals surface area contributed by atoms with Gasteiger partial charge in [-0.2, -0.15) is 0 Å². The molecule has 0 atom stereocenters. The van der Waals surface area contributed by atoms with E-state index in [1.165, 1.54) is 27.2 Å². The van der Waals surface area contributed by atoms with Gasteiger partial charge in [0.15, 0.2) is 0 Å². The fourth-order valence-corrected chi connectivity index (χ4v) is 5.13. The van der Waals surface area contributed by atoms with Gasteiger partial charge < -0.3 is 0 Å². The quantitative estimate of drug-likeness (QED) is 0.276. The van der Waals surface area contributed by atoms with Gasteiger partial charge in [-0.25, -0.2) is 4.98 Å². The smallest absolute Gasteiger partial charge is 0.140 e. The Morgan fingerprint density at radius 1 is 0.667 bits per heavy atom. The summed E-state index contributed by atoms with van der Waals surface area (Å²) < 4.78 is 4.52. The molecule has 0 aliphatic heterocycles. The molecule has 160 valence electrons. The molecule has 0 aliphatic rings. The van der Waals surface area contributed by atoms with Crippen molar-refractivity contribution in [2.45, 2.75) is 19.8 Å². The Balaban J connectivity index is 1.64. The van der Waals surface area contributed by atoms with Crippen LogP contribution in [0.4, 0.5) is 0 Å². The molecule has 0 spiro atoms. The number of hydrogen-bond donors (Lipinski definition) is 0. The first kappa shape index (κ1) is 19.6. The number of hydrogen-bond acceptors (Lipinski definition) is 1. The molecule has 3 aromatic heterocycles. The molecule has 6 rings (SSSR count). The van der Waals surface area contributed by atoms with Crippen molar-refractivity contribution in [2.75, 3.05) is 0 Å². The van der Waals surface area contributed by atoms with Crippen LogP contribution in [0.15, 0.2) is 97.6 Å². The second kappa shape index (κ2) is 7.79. The third-order valence-corrected chi connectivity index (χ3v) is 6.47. The Bertz CT molecular complexity index is 1600. The maximum atomic E-state index is 5.20. The van der Waals surface area contributed by atoms with Gasteiger partial charge in [-0.1, -0.05) is 80.6 Å². The third kappa shape index (κ3) is 2.93. The average Bonchev–Trinajstić information content (AvgIpc) is 3.37. The number of para-hydroxylation sites is 3. The first-order valence-electron chi connectivity index (χ1n) is 11.5. The highest BCUT2D eigenvalue weighted by Gasteiger charge is 2.18. The molecule has 3 heteroatoms. The van der Waals surface area contributed by atoms with E-state index in [4.69, 9.17) is 4.98 Å². The monoisotopic (exact) mass is 427 g/mol. The van der Waals surface area contributed by atoms with Gasteiger partial charge in [0.05, 0.1) is 22.2 Å². The van der Waals surface area contributed by atoms with E-state index in [2.05, 4.69) is 114 Å². The molecule has 3 heterocycles. The Hall–Kier alpha value is -4.11. The van der Waals surface area contributed by atoms with Gasteiger partial charge in [0.25, 0.3) is 0 Å². The van der Waals surface area contributed by atoms with Crippen molar-refractivity contribution in [3.05, 3.63) is 109 Å². The number of aromatic nitrogens is 3. The minimum atomic E-state index is 0.905. The van der Waals surface area contributed by atoms with E-state index in [-0.39, 0.29) is 0 Å². The molecular weight excluding hydrogens is 402 g/mol. The highest BCUT2D eigenvalue weighted by Crippen LogP contribution is 2.33. The summed E-state index contributed by atoms with van der Waals surface area (Å²) in [4.78, 5) is 5.20. The summed E-state index contributed by atoms with van der Waals surface area (Å²) in [5.41, 5.74) is 5.97. The normalized spacial score (nSPS) is 11.5. The van der Waals surface area contributed by atoms with Gasteiger partial charge in [-0.05, 0) is 48.4 Å². The lowest BCUT2D eigenvalue weighted by molar-refractivity contribution is 0.911. The summed E-state index contributed by atoms with van der Waals surface area (Å²) in [5.74, 6) is 1.82. The number of nitrogens with zero attached hydrogens (tertiary/aromatic N) is 3. The molecule has 0 unspecified atom stereocenters. The summed E-state index contributed by atoms with van der Waals surface area (Å²) in [7, 11) is 0. The van der Waals surface area contributed by atoms with Crippen LogP contribution < -0.4 is 0 Å². The molecule has 3 aromatic carbocycles. The van der Waals surface area contributed by atoms with E-state index >= 15 is 0 Å². The number of pyridine rings is 1. The summed E-state index contributed by atoms with van der Waals surface area (Å²) >= 11 is 0. The Morgan fingerprint density at radius 2 is 1.18 bits per heavy atom. The van der Waals surface area contributed by atoms with Gasteiger partial charge in [-0.3, -0.25) is 9.13 Å². The number of fused-ring (bicyclic) bond motifs is 4. The van der Waals surface area contributed by atoms with Gasteiger partial charge in [0.2, 0.25) is 0 Å². The van der Waals surface area contributed by atoms with E-state index in [0.717, 1.165) is 41.2 Å². The lowest BCUT2D eigenvalue weighted by Gasteiger charge is -2.12. The van der Waals surface area contributed by atoms with E-state index < -0.39 is 0 Å². The standard InChI is InChI=1S/C30H25N3/c1-3-12-21-22-13-5-8-16-26(22)32(25(21)4-2)29-19-11-20-30(31-29)33-27-17-9-6-14-23(27)24-15-7-10-18-28(24)33/h4-11,13-20H,2-3,12H2,1H3. The summed E-state index contributed by atoms with van der Waals surface area (Å²) in [6.07, 6.45) is 4.07. The van der Waals surface area contributed by atoms with E-state index in [0.29, 0.717) is 0 Å². The first-order chi connectivity index (χ1) is 16.3. The van der Waals surface area contributed by atoms with Crippen LogP contribution in [0.2, 0.25) is 0 Å². The highest BCUT2D eigenvalue weighted by atomic mass is 15.1. The molecule has 0 radical (unpaired) electrons. The molecule has 6 aromatic rings. The van der Waals surface area contributed by atoms with Gasteiger partial charge >= 0.3 is 0 Å². The van der Waals surface area contributed by atoms with E-state index in [1.807, 2.05) is 6.08 Å². The van der Waals surface area contributed by atoms with Crippen LogP contribution in [-0.2, 0) is 6.42 Å². The van der Waals surface area contributed by atoms with Crippen molar-refractivity contribution in [3.63, 3.8) is 0 Å². The molecule has 0 amide bonds. The zero-order valence-electron chi connectivity index (χ0n) is 18.7. The van der Waals surface area contributed by atoms with Crippen molar-refractivity contribution in [1.82, 2.24) is 14.1 Å². The minimum absolute atomic E-state index is 0.905. The van der Waals surface area contributed by atoms with Crippen molar-refractivity contribution in [1.29, 1.82) is 0 Å². The minimum Gasteiger partial charge on any atom is -0.294 e. The number of rotatable bonds is 5. The Morgan fingerprint density at radius 3 is 1.76 bits per heavy atom. The maximum Gasteiger partial charge on any atom is 0.140 e. The van der Waals surface area contributed by atoms with Crippen molar-refractivity contribution < 1.29 is 0 Å². The van der Waals surface area contributed by atoms with Crippen LogP contribution >= 0.6 is 0 Å². The summed E-state index contributed by atoms with van der Waals surface area (Å²) in [5, 5.41) is 3.76. The van der Waals surface area contributed by atoms with Crippen LogP contribution in [0.3, 0.4) is 0 Å². The molecule has 0 fully saturated rings. The van der Waals surface area contributed by atoms with Crippen LogP contribution in [-0.4, -0.2) is 14.1 Å². The molecule has 0 N–H and O–H groups in total. The highest BCUT2D eigenvalue weighted by molar-refractivity contribution is 6.09. The topological polar surface area (TPSA) is 22.8 Å². The lowest BCUT2D eigenvalue weighted by atomic mass is 10.1. The molecule has 3 nitrogen and oxygen atoms in total. The third-order valence-electron chi connectivity index (χ3n) is 6.47. The largest absolute Gasteiger partial charge is 0.294 e. The van der Waals surface area contributed by atoms with Crippen LogP contribution in [0.25, 0.3) is 50.4 Å². The van der Waals surface area contributed by atoms with Crippen LogP contribution in [0.5, 0.6) is 0 Å². The molecular formula is C30H25N3. The molecule has 0 bridgehead atoms. The Kier molecular flexibility index (Phi) is 4.62. The average molecular weight is 428 g/mol. The van der Waals surface area contributed by atoms with Gasteiger partial charge in [0, 0.05) is 16.2 Å². The second-order valence-electron chi connectivity index (χ2n) is 8.39. The zero-order valence-corrected chi connectivity index (χ0v) is 18.7. The van der Waals surface area contributed by atoms with Crippen LogP contribution in [0.1, 0.15) is 24.6 Å². The van der Waals surface area contributed by atoms with Crippen molar-refractivity contribution in [3.8, 4) is 11.6 Å². The molecule has 0 saturated carbocycles. The zero-order chi connectivity index (χ0) is 22.4.